The molecule has 2 amide bonds. The van der Waals surface area contributed by atoms with Crippen molar-refractivity contribution in [3.8, 4) is 0 Å². The van der Waals surface area contributed by atoms with Crippen LogP contribution in [-0.4, -0.2) is 75.0 Å². The van der Waals surface area contributed by atoms with Gasteiger partial charge in [-0.15, -0.1) is 0 Å². The zero-order valence-electron chi connectivity index (χ0n) is 14.2. The van der Waals surface area contributed by atoms with Crippen LogP contribution in [0.15, 0.2) is 30.3 Å². The second kappa shape index (κ2) is 6.72. The molecule has 0 bridgehead atoms. The SMILES string of the molecule is CN(C)[C@@H]1CS(=O)(=O)[C@H]2CN(C(=O)NCCc3ccccc3)C[C@@H]12. The number of rotatable bonds is 4. The van der Waals surface area contributed by atoms with Gasteiger partial charge in [-0.05, 0) is 26.1 Å². The third-order valence-electron chi connectivity index (χ3n) is 5.15. The number of nitrogens with zero attached hydrogens (tertiary/aromatic N) is 2. The van der Waals surface area contributed by atoms with Gasteiger partial charge in [0.15, 0.2) is 9.84 Å². The number of fused-ring (bicyclic) bond motifs is 1. The minimum absolute atomic E-state index is 0.00196. The molecule has 0 aliphatic carbocycles. The van der Waals surface area contributed by atoms with E-state index in [1.54, 1.807) is 4.90 Å². The lowest BCUT2D eigenvalue weighted by molar-refractivity contribution is 0.199. The highest BCUT2D eigenvalue weighted by Crippen LogP contribution is 2.35. The minimum Gasteiger partial charge on any atom is -0.338 e. The van der Waals surface area contributed by atoms with Crippen LogP contribution in [0.4, 0.5) is 4.79 Å². The Morgan fingerprint density at radius 1 is 1.25 bits per heavy atom. The molecule has 0 spiro atoms. The van der Waals surface area contributed by atoms with Gasteiger partial charge in [-0.1, -0.05) is 30.3 Å². The summed E-state index contributed by atoms with van der Waals surface area (Å²) in [7, 11) is 0.705. The largest absolute Gasteiger partial charge is 0.338 e. The van der Waals surface area contributed by atoms with Gasteiger partial charge in [0, 0.05) is 31.6 Å². The van der Waals surface area contributed by atoms with Gasteiger partial charge in [0.1, 0.15) is 0 Å². The molecule has 2 aliphatic rings. The Morgan fingerprint density at radius 2 is 1.96 bits per heavy atom. The molecule has 3 atom stereocenters. The molecule has 2 aliphatic heterocycles. The molecule has 0 aromatic heterocycles. The van der Waals surface area contributed by atoms with E-state index in [0.717, 1.165) is 6.42 Å². The van der Waals surface area contributed by atoms with Crippen LogP contribution in [0.25, 0.3) is 0 Å². The first kappa shape index (κ1) is 17.2. The number of nitrogens with one attached hydrogen (secondary N) is 1. The van der Waals surface area contributed by atoms with E-state index >= 15 is 0 Å². The predicted octanol–water partition coefficient (Wildman–Crippen LogP) is 0.598. The van der Waals surface area contributed by atoms with Gasteiger partial charge in [0.25, 0.3) is 0 Å². The van der Waals surface area contributed by atoms with Gasteiger partial charge in [-0.2, -0.15) is 0 Å². The Morgan fingerprint density at radius 3 is 2.62 bits per heavy atom. The smallest absolute Gasteiger partial charge is 0.317 e. The predicted molar refractivity (Wildman–Crippen MR) is 93.7 cm³/mol. The van der Waals surface area contributed by atoms with Gasteiger partial charge < -0.3 is 15.1 Å². The zero-order chi connectivity index (χ0) is 17.3. The summed E-state index contributed by atoms with van der Waals surface area (Å²) in [5.74, 6) is 0.226. The second-order valence-corrected chi connectivity index (χ2v) is 9.20. The Balaban J connectivity index is 1.56. The summed E-state index contributed by atoms with van der Waals surface area (Å²) < 4.78 is 24.7. The molecule has 0 radical (unpaired) electrons. The van der Waals surface area contributed by atoms with E-state index in [-0.39, 0.29) is 23.7 Å². The molecule has 3 rings (SSSR count). The van der Waals surface area contributed by atoms with Crippen molar-refractivity contribution >= 4 is 15.9 Å². The summed E-state index contributed by atoms with van der Waals surface area (Å²) in [6.07, 6.45) is 0.770. The Labute approximate surface area is 143 Å². The molecule has 2 heterocycles. The van der Waals surface area contributed by atoms with E-state index in [9.17, 15) is 13.2 Å². The topological polar surface area (TPSA) is 69.7 Å². The normalized spacial score (nSPS) is 28.1. The first-order chi connectivity index (χ1) is 11.4. The lowest BCUT2D eigenvalue weighted by atomic mass is 10.00. The standard InChI is InChI=1S/C17H25N3O3S/c1-19(2)15-12-24(22,23)16-11-20(10-14(15)16)17(21)18-9-8-13-6-4-3-5-7-13/h3-7,14-16H,8-12H2,1-2H3,(H,18,21)/t14-,15+,16-/m0/s1. The van der Waals surface area contributed by atoms with Crippen molar-refractivity contribution < 1.29 is 13.2 Å². The highest BCUT2D eigenvalue weighted by Gasteiger charge is 2.53. The summed E-state index contributed by atoms with van der Waals surface area (Å²) in [4.78, 5) is 16.0. The van der Waals surface area contributed by atoms with E-state index in [4.69, 9.17) is 0 Å². The van der Waals surface area contributed by atoms with Gasteiger partial charge in [0.2, 0.25) is 0 Å². The van der Waals surface area contributed by atoms with Crippen molar-refractivity contribution in [2.75, 3.05) is 39.5 Å². The molecule has 6 nitrogen and oxygen atoms in total. The number of carbonyl (C=O) groups is 1. The molecule has 0 saturated carbocycles. The summed E-state index contributed by atoms with van der Waals surface area (Å²) >= 11 is 0. The summed E-state index contributed by atoms with van der Waals surface area (Å²) in [5, 5.41) is 2.50. The van der Waals surface area contributed by atoms with Crippen molar-refractivity contribution in [2.24, 2.45) is 5.92 Å². The molecule has 1 N–H and O–H groups in total. The van der Waals surface area contributed by atoms with Gasteiger partial charge in [0.05, 0.1) is 11.0 Å². The molecule has 7 heteroatoms. The molecule has 0 unspecified atom stereocenters. The van der Waals surface area contributed by atoms with Crippen molar-refractivity contribution in [3.63, 3.8) is 0 Å². The number of carbonyl (C=O) groups excluding carboxylic acids is 1. The lowest BCUT2D eigenvalue weighted by Crippen LogP contribution is -2.42. The molecule has 24 heavy (non-hydrogen) atoms. The van der Waals surface area contributed by atoms with Crippen molar-refractivity contribution in [1.29, 1.82) is 0 Å². The Hall–Kier alpha value is -1.60. The number of amides is 2. The number of hydrogen-bond donors (Lipinski definition) is 1. The third-order valence-corrected chi connectivity index (χ3v) is 7.38. The van der Waals surface area contributed by atoms with Gasteiger partial charge >= 0.3 is 6.03 Å². The van der Waals surface area contributed by atoms with E-state index in [1.807, 2.05) is 49.3 Å². The quantitative estimate of drug-likeness (QED) is 0.862. The lowest BCUT2D eigenvalue weighted by Gasteiger charge is -2.25. The van der Waals surface area contributed by atoms with Gasteiger partial charge in [-0.25, -0.2) is 13.2 Å². The van der Waals surface area contributed by atoms with Crippen molar-refractivity contribution in [1.82, 2.24) is 15.1 Å². The maximum Gasteiger partial charge on any atom is 0.317 e. The molecule has 132 valence electrons. The van der Waals surface area contributed by atoms with Crippen molar-refractivity contribution in [3.05, 3.63) is 35.9 Å². The first-order valence-electron chi connectivity index (χ1n) is 8.33. The minimum atomic E-state index is -3.11. The Bertz CT molecular complexity index is 690. The molecular weight excluding hydrogens is 326 g/mol. The van der Waals surface area contributed by atoms with Crippen LogP contribution < -0.4 is 5.32 Å². The molecule has 2 saturated heterocycles. The summed E-state index contributed by atoms with van der Waals surface area (Å²) in [5.41, 5.74) is 1.17. The van der Waals surface area contributed by atoms with Crippen LogP contribution in [0, 0.1) is 5.92 Å². The zero-order valence-corrected chi connectivity index (χ0v) is 15.0. The average Bonchev–Trinajstić information content (AvgIpc) is 3.08. The number of sulfone groups is 1. The van der Waals surface area contributed by atoms with Crippen LogP contribution in [-0.2, 0) is 16.3 Å². The molecular formula is C17H25N3O3S. The van der Waals surface area contributed by atoms with Crippen LogP contribution in [0.2, 0.25) is 0 Å². The number of likely N-dealkylation sites (tertiary alicyclic amines) is 1. The van der Waals surface area contributed by atoms with Crippen molar-refractivity contribution in [2.45, 2.75) is 17.7 Å². The van der Waals surface area contributed by atoms with Crippen LogP contribution in [0.3, 0.4) is 0 Å². The number of urea groups is 1. The maximum absolute atomic E-state index is 12.4. The molecule has 2 fully saturated rings. The van der Waals surface area contributed by atoms with Crippen LogP contribution in [0.5, 0.6) is 0 Å². The molecule has 1 aromatic carbocycles. The monoisotopic (exact) mass is 351 g/mol. The fourth-order valence-corrected chi connectivity index (χ4v) is 6.28. The summed E-state index contributed by atoms with van der Waals surface area (Å²) in [6.45, 7) is 1.39. The average molecular weight is 351 g/mol. The Kier molecular flexibility index (Phi) is 4.83. The summed E-state index contributed by atoms with van der Waals surface area (Å²) in [6, 6.07) is 9.82. The highest BCUT2D eigenvalue weighted by molar-refractivity contribution is 7.92. The van der Waals surface area contributed by atoms with E-state index in [0.29, 0.717) is 19.6 Å². The highest BCUT2D eigenvalue weighted by atomic mass is 32.2. The maximum atomic E-state index is 12.4. The van der Waals surface area contributed by atoms with Crippen LogP contribution >= 0.6 is 0 Å². The fourth-order valence-electron chi connectivity index (χ4n) is 3.80. The fraction of sp³-hybridized carbons (Fsp3) is 0.588. The van der Waals surface area contributed by atoms with E-state index in [1.165, 1.54) is 5.56 Å². The first-order valence-corrected chi connectivity index (χ1v) is 10.0. The molecule has 1 aromatic rings. The third kappa shape index (κ3) is 3.42. The van der Waals surface area contributed by atoms with Crippen LogP contribution in [0.1, 0.15) is 5.56 Å². The number of hydrogen-bond acceptors (Lipinski definition) is 4. The van der Waals surface area contributed by atoms with E-state index < -0.39 is 15.1 Å². The number of benzene rings is 1. The van der Waals surface area contributed by atoms with Gasteiger partial charge in [-0.3, -0.25) is 0 Å². The second-order valence-electron chi connectivity index (χ2n) is 6.94. The van der Waals surface area contributed by atoms with E-state index in [2.05, 4.69) is 5.32 Å².